The molecule has 2 N–H and O–H groups in total. The molecule has 5 nitrogen and oxygen atoms in total. The maximum absolute atomic E-state index is 12.9. The van der Waals surface area contributed by atoms with Crippen molar-refractivity contribution in [1.29, 1.82) is 0 Å². The minimum absolute atomic E-state index is 0.275. The zero-order valence-electron chi connectivity index (χ0n) is 12.2. The summed E-state index contributed by atoms with van der Waals surface area (Å²) in [5.74, 6) is -0.717. The van der Waals surface area contributed by atoms with Crippen LogP contribution in [0.5, 0.6) is 5.75 Å². The van der Waals surface area contributed by atoms with E-state index in [1.807, 2.05) is 0 Å². The minimum atomic E-state index is -1.05. The molecule has 0 amide bonds. The van der Waals surface area contributed by atoms with Gasteiger partial charge in [-0.1, -0.05) is 12.1 Å². The van der Waals surface area contributed by atoms with E-state index in [9.17, 15) is 19.4 Å². The first-order chi connectivity index (χ1) is 10.5. The molecule has 0 fully saturated rings. The number of halogens is 1. The monoisotopic (exact) mass is 304 g/mol. The highest BCUT2D eigenvalue weighted by Crippen LogP contribution is 2.33. The topological polar surface area (TPSA) is 65.7 Å². The fourth-order valence-electron chi connectivity index (χ4n) is 2.84. The molecule has 116 valence electrons. The molecule has 1 aromatic carbocycles. The van der Waals surface area contributed by atoms with Crippen LogP contribution in [0.4, 0.5) is 4.39 Å². The Morgan fingerprint density at radius 1 is 1.32 bits per heavy atom. The molecule has 0 bridgehead atoms. The van der Waals surface area contributed by atoms with Crippen LogP contribution in [0.15, 0.2) is 35.3 Å². The predicted molar refractivity (Wildman–Crippen MR) is 78.8 cm³/mol. The Bertz CT molecular complexity index is 755. The smallest absolute Gasteiger partial charge is 0.292 e. The van der Waals surface area contributed by atoms with Crippen LogP contribution < -0.4 is 5.56 Å². The lowest BCUT2D eigenvalue weighted by Gasteiger charge is -2.34. The summed E-state index contributed by atoms with van der Waals surface area (Å²) in [4.78, 5) is 13.6. The van der Waals surface area contributed by atoms with Crippen LogP contribution in [0.25, 0.3) is 0 Å². The molecule has 2 heterocycles. The molecule has 0 aliphatic carbocycles. The average Bonchev–Trinajstić information content (AvgIpc) is 2.50. The van der Waals surface area contributed by atoms with Crippen molar-refractivity contribution >= 4 is 0 Å². The largest absolute Gasteiger partial charge is 0.503 e. The first kappa shape index (κ1) is 14.7. The Morgan fingerprint density at radius 2 is 2.00 bits per heavy atom. The maximum atomic E-state index is 12.9. The standard InChI is InChI=1S/C16H17FN2O3/c1-18-9-11-6-7-19(8-10-2-4-12(17)5-3-10)15(21)13(11)14(20)16(18)22/h2-5,9,15,20-21H,6-8H2,1H3. The van der Waals surface area contributed by atoms with E-state index in [1.54, 1.807) is 30.3 Å². The van der Waals surface area contributed by atoms with Crippen LogP contribution >= 0.6 is 0 Å². The molecule has 0 radical (unpaired) electrons. The Hall–Kier alpha value is -2.18. The fourth-order valence-corrected chi connectivity index (χ4v) is 2.84. The van der Waals surface area contributed by atoms with Gasteiger partial charge < -0.3 is 14.8 Å². The number of aromatic nitrogens is 1. The Balaban J connectivity index is 1.91. The zero-order chi connectivity index (χ0) is 15.9. The van der Waals surface area contributed by atoms with Gasteiger partial charge in [-0.15, -0.1) is 0 Å². The molecule has 0 saturated carbocycles. The van der Waals surface area contributed by atoms with Crippen LogP contribution in [-0.2, 0) is 20.0 Å². The van der Waals surface area contributed by atoms with Gasteiger partial charge in [-0.25, -0.2) is 4.39 Å². The third-order valence-corrected chi connectivity index (χ3v) is 4.04. The summed E-state index contributed by atoms with van der Waals surface area (Å²) in [5, 5.41) is 20.5. The summed E-state index contributed by atoms with van der Waals surface area (Å²) in [6, 6.07) is 6.04. The van der Waals surface area contributed by atoms with Gasteiger partial charge in [-0.2, -0.15) is 0 Å². The number of aryl methyl sites for hydroxylation is 1. The molecule has 6 heteroatoms. The minimum Gasteiger partial charge on any atom is -0.503 e. The highest BCUT2D eigenvalue weighted by atomic mass is 19.1. The lowest BCUT2D eigenvalue weighted by atomic mass is 9.98. The van der Waals surface area contributed by atoms with Gasteiger partial charge in [0.15, 0.2) is 5.75 Å². The Morgan fingerprint density at radius 3 is 2.68 bits per heavy atom. The van der Waals surface area contributed by atoms with Crippen LogP contribution in [0, 0.1) is 5.82 Å². The van der Waals surface area contributed by atoms with Crippen molar-refractivity contribution in [2.24, 2.45) is 7.05 Å². The van der Waals surface area contributed by atoms with E-state index in [2.05, 4.69) is 0 Å². The van der Waals surface area contributed by atoms with Gasteiger partial charge in [-0.05, 0) is 29.7 Å². The van der Waals surface area contributed by atoms with Crippen LogP contribution in [0.2, 0.25) is 0 Å². The number of rotatable bonds is 2. The highest BCUT2D eigenvalue weighted by Gasteiger charge is 2.30. The Labute approximate surface area is 126 Å². The number of fused-ring (bicyclic) bond motifs is 1. The molecule has 22 heavy (non-hydrogen) atoms. The number of aliphatic hydroxyl groups excluding tert-OH is 1. The second-order valence-electron chi connectivity index (χ2n) is 5.55. The zero-order valence-corrected chi connectivity index (χ0v) is 12.2. The van der Waals surface area contributed by atoms with E-state index in [1.165, 1.54) is 16.7 Å². The second kappa shape index (κ2) is 5.55. The third kappa shape index (κ3) is 2.51. The van der Waals surface area contributed by atoms with E-state index in [4.69, 9.17) is 0 Å². The summed E-state index contributed by atoms with van der Waals surface area (Å²) in [7, 11) is 1.57. The van der Waals surface area contributed by atoms with Crippen molar-refractivity contribution < 1.29 is 14.6 Å². The number of nitrogens with zero attached hydrogens (tertiary/aromatic N) is 2. The van der Waals surface area contributed by atoms with Gasteiger partial charge >= 0.3 is 0 Å². The molecule has 0 saturated heterocycles. The van der Waals surface area contributed by atoms with Gasteiger partial charge in [0.05, 0.1) is 0 Å². The number of hydrogen-bond acceptors (Lipinski definition) is 4. The van der Waals surface area contributed by atoms with Crippen molar-refractivity contribution in [2.45, 2.75) is 19.2 Å². The normalized spacial score (nSPS) is 18.2. The molecule has 1 aliphatic rings. The van der Waals surface area contributed by atoms with Crippen molar-refractivity contribution in [2.75, 3.05) is 6.54 Å². The van der Waals surface area contributed by atoms with Crippen LogP contribution in [-0.4, -0.2) is 26.2 Å². The highest BCUT2D eigenvalue weighted by molar-refractivity contribution is 5.40. The van der Waals surface area contributed by atoms with Crippen LogP contribution in [0.3, 0.4) is 0 Å². The van der Waals surface area contributed by atoms with Crippen molar-refractivity contribution in [3.8, 4) is 5.75 Å². The van der Waals surface area contributed by atoms with Gasteiger partial charge in [0.1, 0.15) is 12.0 Å². The molecular weight excluding hydrogens is 287 g/mol. The van der Waals surface area contributed by atoms with Crippen molar-refractivity contribution in [3.63, 3.8) is 0 Å². The molecule has 3 rings (SSSR count). The van der Waals surface area contributed by atoms with Crippen LogP contribution in [0.1, 0.15) is 22.9 Å². The van der Waals surface area contributed by atoms with Crippen molar-refractivity contribution in [3.05, 3.63) is 63.3 Å². The molecule has 1 aromatic heterocycles. The molecule has 1 aliphatic heterocycles. The quantitative estimate of drug-likeness (QED) is 0.877. The van der Waals surface area contributed by atoms with Gasteiger partial charge in [0.25, 0.3) is 5.56 Å². The molecule has 2 aromatic rings. The fraction of sp³-hybridized carbons (Fsp3) is 0.312. The number of hydrogen-bond donors (Lipinski definition) is 2. The second-order valence-corrected chi connectivity index (χ2v) is 5.55. The average molecular weight is 304 g/mol. The molecule has 0 spiro atoms. The number of aliphatic hydroxyl groups is 1. The number of benzene rings is 1. The first-order valence-electron chi connectivity index (χ1n) is 7.05. The summed E-state index contributed by atoms with van der Waals surface area (Å²) in [6.45, 7) is 0.999. The Kier molecular flexibility index (Phi) is 3.72. The maximum Gasteiger partial charge on any atom is 0.292 e. The van der Waals surface area contributed by atoms with E-state index >= 15 is 0 Å². The molecular formula is C16H17FN2O3. The van der Waals surface area contributed by atoms with Gasteiger partial charge in [0, 0.05) is 31.9 Å². The van der Waals surface area contributed by atoms with E-state index in [-0.39, 0.29) is 11.4 Å². The number of aromatic hydroxyl groups is 1. The van der Waals surface area contributed by atoms with E-state index in [0.29, 0.717) is 19.5 Å². The first-order valence-corrected chi connectivity index (χ1v) is 7.05. The van der Waals surface area contributed by atoms with Gasteiger partial charge in [-0.3, -0.25) is 9.69 Å². The summed E-state index contributed by atoms with van der Waals surface area (Å²) in [5.41, 5.74) is 1.37. The third-order valence-electron chi connectivity index (χ3n) is 4.04. The number of pyridine rings is 1. The van der Waals surface area contributed by atoms with Crippen molar-refractivity contribution in [1.82, 2.24) is 9.47 Å². The van der Waals surface area contributed by atoms with E-state index in [0.717, 1.165) is 11.1 Å². The lowest BCUT2D eigenvalue weighted by molar-refractivity contribution is -0.0143. The summed E-state index contributed by atoms with van der Waals surface area (Å²) >= 11 is 0. The predicted octanol–water partition coefficient (Wildman–Crippen LogP) is 1.28. The van der Waals surface area contributed by atoms with E-state index < -0.39 is 17.5 Å². The molecule has 1 atom stereocenters. The summed E-state index contributed by atoms with van der Waals surface area (Å²) < 4.78 is 14.3. The lowest BCUT2D eigenvalue weighted by Crippen LogP contribution is -2.36. The summed E-state index contributed by atoms with van der Waals surface area (Å²) in [6.07, 6.45) is 1.22. The van der Waals surface area contributed by atoms with Gasteiger partial charge in [0.2, 0.25) is 0 Å². The molecule has 1 unspecified atom stereocenters. The SMILES string of the molecule is Cn1cc2c(c(O)c1=O)C(O)N(Cc1ccc(F)cc1)CC2.